The van der Waals surface area contributed by atoms with Gasteiger partial charge in [0.25, 0.3) is 5.56 Å². The van der Waals surface area contributed by atoms with Crippen molar-refractivity contribution in [1.82, 2.24) is 23.8 Å². The Kier molecular flexibility index (Phi) is 6.55. The Morgan fingerprint density at radius 1 is 1.00 bits per heavy atom. The Labute approximate surface area is 209 Å². The molecule has 1 aliphatic heterocycles. The highest BCUT2D eigenvalue weighted by Crippen LogP contribution is 2.26. The molecule has 0 saturated carbocycles. The molecule has 0 spiro atoms. The van der Waals surface area contributed by atoms with Crippen LogP contribution in [0.15, 0.2) is 58.2 Å². The van der Waals surface area contributed by atoms with Crippen LogP contribution in [0.3, 0.4) is 0 Å². The highest BCUT2D eigenvalue weighted by atomic mass is 32.2. The number of fused-ring (bicyclic) bond motifs is 1. The van der Waals surface area contributed by atoms with E-state index in [0.29, 0.717) is 41.4 Å². The third-order valence-electron chi connectivity index (χ3n) is 5.88. The Balaban J connectivity index is 1.28. The number of hydrogen-bond donors (Lipinski definition) is 0. The van der Waals surface area contributed by atoms with Gasteiger partial charge in [-0.1, -0.05) is 11.3 Å². The van der Waals surface area contributed by atoms with Gasteiger partial charge < -0.3 is 4.74 Å². The zero-order valence-corrected chi connectivity index (χ0v) is 20.7. The van der Waals surface area contributed by atoms with Gasteiger partial charge in [-0.05, 0) is 42.5 Å². The number of hydrogen-bond acceptors (Lipinski definition) is 8. The summed E-state index contributed by atoms with van der Waals surface area (Å²) in [6.07, 6.45) is 0. The zero-order chi connectivity index (χ0) is 25.4. The zero-order valence-electron chi connectivity index (χ0n) is 19.1. The Bertz CT molecular complexity index is 1580. The van der Waals surface area contributed by atoms with Crippen molar-refractivity contribution < 1.29 is 21.9 Å². The fourth-order valence-corrected chi connectivity index (χ4v) is 6.30. The Morgan fingerprint density at radius 3 is 2.39 bits per heavy atom. The molecule has 0 amide bonds. The van der Waals surface area contributed by atoms with Gasteiger partial charge in [-0.25, -0.2) is 22.2 Å². The molecule has 0 bridgehead atoms. The van der Waals surface area contributed by atoms with E-state index in [1.54, 1.807) is 7.11 Å². The van der Waals surface area contributed by atoms with Crippen LogP contribution in [0, 0.1) is 11.6 Å². The molecule has 1 aliphatic rings. The molecule has 0 unspecified atom stereocenters. The quantitative estimate of drug-likeness (QED) is 0.376. The Morgan fingerprint density at radius 2 is 1.72 bits per heavy atom. The third kappa shape index (κ3) is 4.74. The number of sulfonamides is 1. The topological polar surface area (TPSA) is 97.1 Å². The first-order valence-electron chi connectivity index (χ1n) is 11.0. The fourth-order valence-electron chi connectivity index (χ4n) is 3.93. The lowest BCUT2D eigenvalue weighted by molar-refractivity contribution is 0.180. The smallest absolute Gasteiger partial charge is 0.275 e. The molecular weight excluding hydrogens is 512 g/mol. The highest BCUT2D eigenvalue weighted by Gasteiger charge is 2.29. The first kappa shape index (κ1) is 24.4. The minimum Gasteiger partial charge on any atom is -0.497 e. The fraction of sp³-hybridized carbons (Fsp3) is 0.261. The normalized spacial score (nSPS) is 15.4. The SMILES string of the molecule is COc1ccc(-c2nn3c(=O)cc(CN4CCN(S(=O)(=O)c5ccc(F)c(F)c5)CC4)nc3s2)cc1. The van der Waals surface area contributed by atoms with Crippen LogP contribution in [-0.2, 0) is 16.6 Å². The first-order chi connectivity index (χ1) is 17.2. The number of nitrogens with zero attached hydrogens (tertiary/aromatic N) is 5. The molecule has 0 atom stereocenters. The van der Waals surface area contributed by atoms with E-state index >= 15 is 0 Å². The van der Waals surface area contributed by atoms with Gasteiger partial charge >= 0.3 is 0 Å². The van der Waals surface area contributed by atoms with Crippen molar-refractivity contribution in [2.45, 2.75) is 11.4 Å². The van der Waals surface area contributed by atoms with Crippen molar-refractivity contribution >= 4 is 26.3 Å². The molecule has 2 aromatic heterocycles. The molecule has 5 rings (SSSR count). The van der Waals surface area contributed by atoms with E-state index in [0.717, 1.165) is 23.4 Å². The summed E-state index contributed by atoms with van der Waals surface area (Å²) in [5, 5.41) is 5.03. The maximum absolute atomic E-state index is 13.5. The second-order valence-electron chi connectivity index (χ2n) is 8.17. The van der Waals surface area contributed by atoms with E-state index in [1.807, 2.05) is 29.2 Å². The number of rotatable bonds is 6. The van der Waals surface area contributed by atoms with Crippen LogP contribution >= 0.6 is 11.3 Å². The summed E-state index contributed by atoms with van der Waals surface area (Å²) in [7, 11) is -2.36. The van der Waals surface area contributed by atoms with E-state index in [2.05, 4.69) is 10.1 Å². The van der Waals surface area contributed by atoms with Gasteiger partial charge in [-0.2, -0.15) is 13.9 Å². The monoisotopic (exact) mass is 533 g/mol. The standard InChI is InChI=1S/C23H21F2N5O4S2/c1-34-17-4-2-15(3-5-17)22-27-30-21(31)12-16(26-23(30)35-22)14-28-8-10-29(11-9-28)36(32,33)18-6-7-19(24)20(25)13-18/h2-7,12-13H,8-11,14H2,1H3. The molecule has 13 heteroatoms. The number of piperazine rings is 1. The molecule has 0 radical (unpaired) electrons. The molecule has 0 N–H and O–H groups in total. The Hall–Kier alpha value is -3.26. The average molecular weight is 534 g/mol. The van der Waals surface area contributed by atoms with E-state index < -0.39 is 21.7 Å². The number of benzene rings is 2. The van der Waals surface area contributed by atoms with E-state index in [-0.39, 0.29) is 23.5 Å². The molecule has 9 nitrogen and oxygen atoms in total. The van der Waals surface area contributed by atoms with Crippen LogP contribution < -0.4 is 10.3 Å². The second kappa shape index (κ2) is 9.65. The van der Waals surface area contributed by atoms with Crippen LogP contribution in [0.4, 0.5) is 8.78 Å². The first-order valence-corrected chi connectivity index (χ1v) is 13.2. The molecule has 36 heavy (non-hydrogen) atoms. The summed E-state index contributed by atoms with van der Waals surface area (Å²) < 4.78 is 60.0. The molecule has 0 aliphatic carbocycles. The van der Waals surface area contributed by atoms with E-state index in [9.17, 15) is 22.0 Å². The van der Waals surface area contributed by atoms with Crippen molar-refractivity contribution in [2.24, 2.45) is 0 Å². The van der Waals surface area contributed by atoms with Gasteiger partial charge in [-0.15, -0.1) is 0 Å². The van der Waals surface area contributed by atoms with Crippen LogP contribution in [0.1, 0.15) is 5.69 Å². The van der Waals surface area contributed by atoms with Gasteiger partial charge in [0.15, 0.2) is 11.6 Å². The van der Waals surface area contributed by atoms with E-state index in [1.165, 1.54) is 26.2 Å². The van der Waals surface area contributed by atoms with Crippen LogP contribution in [-0.4, -0.2) is 65.5 Å². The maximum Gasteiger partial charge on any atom is 0.275 e. The molecular formula is C23H21F2N5O4S2. The average Bonchev–Trinajstić information content (AvgIpc) is 3.31. The molecule has 1 fully saturated rings. The number of aromatic nitrogens is 3. The van der Waals surface area contributed by atoms with Crippen LogP contribution in [0.25, 0.3) is 15.5 Å². The summed E-state index contributed by atoms with van der Waals surface area (Å²) >= 11 is 1.29. The predicted octanol–water partition coefficient (Wildman–Crippen LogP) is 2.61. The third-order valence-corrected chi connectivity index (χ3v) is 8.73. The van der Waals surface area contributed by atoms with Gasteiger partial charge in [0, 0.05) is 44.4 Å². The summed E-state index contributed by atoms with van der Waals surface area (Å²) in [4.78, 5) is 19.4. The number of methoxy groups -OCH3 is 1. The summed E-state index contributed by atoms with van der Waals surface area (Å²) in [5.41, 5.74) is 1.10. The number of ether oxygens (including phenoxy) is 1. The lowest BCUT2D eigenvalue weighted by Gasteiger charge is -2.33. The highest BCUT2D eigenvalue weighted by molar-refractivity contribution is 7.89. The van der Waals surface area contributed by atoms with Crippen molar-refractivity contribution in [2.75, 3.05) is 33.3 Å². The maximum atomic E-state index is 13.5. The molecule has 2 aromatic carbocycles. The van der Waals surface area contributed by atoms with E-state index in [4.69, 9.17) is 4.74 Å². The van der Waals surface area contributed by atoms with Gasteiger partial charge in [0.05, 0.1) is 17.7 Å². The van der Waals surface area contributed by atoms with Crippen molar-refractivity contribution in [3.8, 4) is 16.3 Å². The molecule has 1 saturated heterocycles. The summed E-state index contributed by atoms with van der Waals surface area (Å²) in [6, 6.07) is 11.3. The van der Waals surface area contributed by atoms with Crippen LogP contribution in [0.5, 0.6) is 5.75 Å². The lowest BCUT2D eigenvalue weighted by Crippen LogP contribution is -2.48. The number of halogens is 2. The molecule has 188 valence electrons. The van der Waals surface area contributed by atoms with Gasteiger partial charge in [0.1, 0.15) is 10.8 Å². The largest absolute Gasteiger partial charge is 0.497 e. The molecule has 4 aromatic rings. The van der Waals surface area contributed by atoms with Crippen molar-refractivity contribution in [3.63, 3.8) is 0 Å². The minimum absolute atomic E-state index is 0.171. The van der Waals surface area contributed by atoms with Gasteiger partial charge in [-0.3, -0.25) is 9.69 Å². The van der Waals surface area contributed by atoms with Crippen LogP contribution in [0.2, 0.25) is 0 Å². The van der Waals surface area contributed by atoms with Crippen molar-refractivity contribution in [3.05, 3.63) is 76.2 Å². The second-order valence-corrected chi connectivity index (χ2v) is 11.1. The predicted molar refractivity (Wildman–Crippen MR) is 130 cm³/mol. The summed E-state index contributed by atoms with van der Waals surface area (Å²) in [5.74, 6) is -1.59. The van der Waals surface area contributed by atoms with Crippen molar-refractivity contribution in [1.29, 1.82) is 0 Å². The molecule has 3 heterocycles. The minimum atomic E-state index is -3.94. The van der Waals surface area contributed by atoms with Gasteiger partial charge in [0.2, 0.25) is 15.0 Å². The lowest BCUT2D eigenvalue weighted by atomic mass is 10.2. The summed E-state index contributed by atoms with van der Waals surface area (Å²) in [6.45, 7) is 1.49.